The van der Waals surface area contributed by atoms with Gasteiger partial charge in [-0.1, -0.05) is 12.1 Å². The van der Waals surface area contributed by atoms with E-state index in [4.69, 9.17) is 10.8 Å². The van der Waals surface area contributed by atoms with Crippen molar-refractivity contribution in [2.24, 2.45) is 5.73 Å². The number of carboxylic acids is 1. The maximum atomic E-state index is 12.3. The summed E-state index contributed by atoms with van der Waals surface area (Å²) in [4.78, 5) is 24.3. The number of halogens is 3. The number of hydrazine groups is 1. The fraction of sp³-hybridized carbons (Fsp3) is 0.333. The number of nitrogens with two attached hydrogens (primary N) is 1. The van der Waals surface area contributed by atoms with Crippen LogP contribution in [-0.2, 0) is 16.0 Å². The molecule has 1 aromatic carbocycles. The van der Waals surface area contributed by atoms with Gasteiger partial charge in [-0.05, 0) is 17.7 Å². The van der Waals surface area contributed by atoms with Crippen molar-refractivity contribution < 1.29 is 27.9 Å². The van der Waals surface area contributed by atoms with Gasteiger partial charge in [0.25, 0.3) is 0 Å². The molecule has 136 valence electrons. The standard InChI is InChI=1S/C15H17F3N4O3/c16-15(17,18)12(19)8-20-21-5-6-22(13(23)9-21)11-3-1-10(2-4-11)7-14(24)25/h1-4,8,20H,5-7,9,19H2,(H,24,25)/b12-8-. The van der Waals surface area contributed by atoms with Gasteiger partial charge in [0.05, 0.1) is 13.0 Å². The molecule has 1 aliphatic heterocycles. The van der Waals surface area contributed by atoms with E-state index in [-0.39, 0.29) is 25.4 Å². The number of alkyl halides is 3. The lowest BCUT2D eigenvalue weighted by atomic mass is 10.1. The second-order valence-corrected chi connectivity index (χ2v) is 5.43. The van der Waals surface area contributed by atoms with Gasteiger partial charge in [0.2, 0.25) is 5.91 Å². The number of benzene rings is 1. The number of hydrogen-bond donors (Lipinski definition) is 3. The zero-order valence-electron chi connectivity index (χ0n) is 13.1. The van der Waals surface area contributed by atoms with Crippen LogP contribution in [0, 0.1) is 0 Å². The Hall–Kier alpha value is -2.75. The van der Waals surface area contributed by atoms with E-state index in [1.54, 1.807) is 24.3 Å². The molecule has 0 aromatic heterocycles. The molecular weight excluding hydrogens is 341 g/mol. The Bertz CT molecular complexity index is 674. The minimum Gasteiger partial charge on any atom is -0.481 e. The summed E-state index contributed by atoms with van der Waals surface area (Å²) in [6, 6.07) is 6.52. The number of carbonyl (C=O) groups is 2. The Morgan fingerprint density at radius 2 is 1.92 bits per heavy atom. The van der Waals surface area contributed by atoms with E-state index in [1.807, 2.05) is 0 Å². The number of nitrogens with one attached hydrogen (secondary N) is 1. The summed E-state index contributed by atoms with van der Waals surface area (Å²) >= 11 is 0. The summed E-state index contributed by atoms with van der Waals surface area (Å²) < 4.78 is 36.9. The fourth-order valence-corrected chi connectivity index (χ4v) is 2.27. The minimum atomic E-state index is -4.63. The first-order valence-corrected chi connectivity index (χ1v) is 7.32. The summed E-state index contributed by atoms with van der Waals surface area (Å²) in [5.74, 6) is -1.25. The van der Waals surface area contributed by atoms with E-state index in [9.17, 15) is 22.8 Å². The number of hydrogen-bond acceptors (Lipinski definition) is 5. The number of carbonyl (C=O) groups excluding carboxylic acids is 1. The third kappa shape index (κ3) is 5.11. The molecule has 0 bridgehead atoms. The van der Waals surface area contributed by atoms with Gasteiger partial charge >= 0.3 is 12.1 Å². The van der Waals surface area contributed by atoms with Crippen molar-refractivity contribution in [1.29, 1.82) is 0 Å². The monoisotopic (exact) mass is 358 g/mol. The van der Waals surface area contributed by atoms with Gasteiger partial charge in [0.1, 0.15) is 5.70 Å². The molecule has 1 fully saturated rings. The molecule has 7 nitrogen and oxygen atoms in total. The molecule has 1 aromatic rings. The highest BCUT2D eigenvalue weighted by Crippen LogP contribution is 2.21. The topological polar surface area (TPSA) is 98.9 Å². The molecule has 0 atom stereocenters. The Kier molecular flexibility index (Phi) is 5.52. The molecule has 0 radical (unpaired) electrons. The lowest BCUT2D eigenvalue weighted by molar-refractivity contribution is -0.136. The van der Waals surface area contributed by atoms with Gasteiger partial charge in [-0.3, -0.25) is 9.59 Å². The summed E-state index contributed by atoms with van der Waals surface area (Å²) in [5, 5.41) is 10.1. The summed E-state index contributed by atoms with van der Waals surface area (Å²) in [7, 11) is 0. The number of amides is 1. The highest BCUT2D eigenvalue weighted by atomic mass is 19.4. The Morgan fingerprint density at radius 3 is 2.44 bits per heavy atom. The average molecular weight is 358 g/mol. The fourth-order valence-electron chi connectivity index (χ4n) is 2.27. The first kappa shape index (κ1) is 18.6. The molecule has 1 amide bonds. The molecule has 1 saturated heterocycles. The summed E-state index contributed by atoms with van der Waals surface area (Å²) in [6.45, 7) is 0.437. The van der Waals surface area contributed by atoms with Crippen LogP contribution in [0.1, 0.15) is 5.56 Å². The van der Waals surface area contributed by atoms with Crippen LogP contribution in [0.25, 0.3) is 0 Å². The number of rotatable bonds is 5. The number of aliphatic carboxylic acids is 1. The molecule has 0 spiro atoms. The van der Waals surface area contributed by atoms with E-state index < -0.39 is 17.8 Å². The van der Waals surface area contributed by atoms with Crippen LogP contribution in [-0.4, -0.2) is 47.8 Å². The SMILES string of the molecule is N/C(=C\NN1CCN(c2ccc(CC(=O)O)cc2)C(=O)C1)C(F)(F)F. The predicted molar refractivity (Wildman–Crippen MR) is 83.2 cm³/mol. The van der Waals surface area contributed by atoms with Crippen molar-refractivity contribution in [3.05, 3.63) is 41.7 Å². The molecule has 0 unspecified atom stereocenters. The van der Waals surface area contributed by atoms with Crippen molar-refractivity contribution >= 4 is 17.6 Å². The number of piperazine rings is 1. The van der Waals surface area contributed by atoms with E-state index in [1.165, 1.54) is 9.91 Å². The van der Waals surface area contributed by atoms with Gasteiger partial charge in [0, 0.05) is 25.0 Å². The van der Waals surface area contributed by atoms with Gasteiger partial charge in [-0.25, -0.2) is 5.01 Å². The van der Waals surface area contributed by atoms with Crippen LogP contribution in [0.4, 0.5) is 18.9 Å². The number of nitrogens with zero attached hydrogens (tertiary/aromatic N) is 2. The number of carboxylic acid groups (broad SMARTS) is 1. The third-order valence-electron chi connectivity index (χ3n) is 3.55. The Morgan fingerprint density at radius 1 is 1.28 bits per heavy atom. The smallest absolute Gasteiger partial charge is 0.432 e. The second kappa shape index (κ2) is 7.43. The maximum absolute atomic E-state index is 12.3. The van der Waals surface area contributed by atoms with E-state index >= 15 is 0 Å². The van der Waals surface area contributed by atoms with Gasteiger partial charge in [-0.2, -0.15) is 13.2 Å². The number of anilines is 1. The molecule has 10 heteroatoms. The lowest BCUT2D eigenvalue weighted by Gasteiger charge is -2.34. The highest BCUT2D eigenvalue weighted by molar-refractivity contribution is 5.95. The molecule has 1 heterocycles. The van der Waals surface area contributed by atoms with Crippen molar-refractivity contribution in [3.8, 4) is 0 Å². The molecule has 4 N–H and O–H groups in total. The van der Waals surface area contributed by atoms with Crippen molar-refractivity contribution in [1.82, 2.24) is 10.4 Å². The van der Waals surface area contributed by atoms with Crippen molar-refractivity contribution in [3.63, 3.8) is 0 Å². The van der Waals surface area contributed by atoms with Crippen LogP contribution in [0.15, 0.2) is 36.2 Å². The lowest BCUT2D eigenvalue weighted by Crippen LogP contribution is -2.54. The molecule has 0 aliphatic carbocycles. The first-order chi connectivity index (χ1) is 11.7. The van der Waals surface area contributed by atoms with Gasteiger partial charge in [-0.15, -0.1) is 0 Å². The molecule has 25 heavy (non-hydrogen) atoms. The second-order valence-electron chi connectivity index (χ2n) is 5.43. The van der Waals surface area contributed by atoms with Crippen LogP contribution < -0.4 is 16.1 Å². The number of allylic oxidation sites excluding steroid dienone is 1. The molecule has 0 saturated carbocycles. The normalized spacial score (nSPS) is 16.8. The van der Waals surface area contributed by atoms with Gasteiger partial charge in [0.15, 0.2) is 0 Å². The van der Waals surface area contributed by atoms with Crippen molar-refractivity contribution in [2.45, 2.75) is 12.6 Å². The third-order valence-corrected chi connectivity index (χ3v) is 3.55. The van der Waals surface area contributed by atoms with E-state index in [2.05, 4.69) is 5.43 Å². The quantitative estimate of drug-likeness (QED) is 0.721. The van der Waals surface area contributed by atoms with Crippen LogP contribution in [0.2, 0.25) is 0 Å². The Labute approximate surface area is 141 Å². The minimum absolute atomic E-state index is 0.112. The average Bonchev–Trinajstić information content (AvgIpc) is 2.52. The molecular formula is C15H17F3N4O3. The zero-order valence-corrected chi connectivity index (χ0v) is 13.1. The van der Waals surface area contributed by atoms with Crippen LogP contribution in [0.5, 0.6) is 0 Å². The van der Waals surface area contributed by atoms with Gasteiger partial charge < -0.3 is 21.2 Å². The van der Waals surface area contributed by atoms with E-state index in [0.717, 1.165) is 0 Å². The summed E-state index contributed by atoms with van der Waals surface area (Å²) in [6.07, 6.45) is -4.13. The molecule has 2 rings (SSSR count). The summed E-state index contributed by atoms with van der Waals surface area (Å²) in [5.41, 5.74) is 7.18. The van der Waals surface area contributed by atoms with Crippen LogP contribution >= 0.6 is 0 Å². The zero-order chi connectivity index (χ0) is 18.6. The predicted octanol–water partition coefficient (Wildman–Crippen LogP) is 0.829. The van der Waals surface area contributed by atoms with Crippen LogP contribution in [0.3, 0.4) is 0 Å². The maximum Gasteiger partial charge on any atom is 0.432 e. The van der Waals surface area contributed by atoms with E-state index in [0.29, 0.717) is 24.0 Å². The first-order valence-electron chi connectivity index (χ1n) is 7.32. The highest BCUT2D eigenvalue weighted by Gasteiger charge is 2.32. The Balaban J connectivity index is 1.95. The largest absolute Gasteiger partial charge is 0.481 e. The molecule has 1 aliphatic rings. The van der Waals surface area contributed by atoms with Crippen molar-refractivity contribution in [2.75, 3.05) is 24.5 Å².